The van der Waals surface area contributed by atoms with Gasteiger partial charge in [0.05, 0.1) is 10.9 Å². The van der Waals surface area contributed by atoms with Gasteiger partial charge in [-0.1, -0.05) is 41.7 Å². The van der Waals surface area contributed by atoms with Crippen molar-refractivity contribution in [2.75, 3.05) is 0 Å². The third kappa shape index (κ3) is 2.62. The summed E-state index contributed by atoms with van der Waals surface area (Å²) in [6.45, 7) is 0. The van der Waals surface area contributed by atoms with Crippen LogP contribution in [-0.2, 0) is 0 Å². The number of rotatable bonds is 3. The predicted molar refractivity (Wildman–Crippen MR) is 83.4 cm³/mol. The van der Waals surface area contributed by atoms with E-state index in [9.17, 15) is 0 Å². The van der Waals surface area contributed by atoms with Crippen LogP contribution >= 0.6 is 38.6 Å². The Morgan fingerprint density at radius 1 is 1.11 bits per heavy atom. The molecule has 0 saturated carbocycles. The molecule has 2 aromatic heterocycles. The lowest BCUT2D eigenvalue weighted by atomic mass is 10.1. The quantitative estimate of drug-likeness (QED) is 0.773. The highest BCUT2D eigenvalue weighted by atomic mass is 79.9. The summed E-state index contributed by atoms with van der Waals surface area (Å²) in [5, 5.41) is 12.2. The van der Waals surface area contributed by atoms with Gasteiger partial charge in [0, 0.05) is 4.47 Å². The number of halogens is 1. The maximum absolute atomic E-state index is 6.22. The molecule has 1 atom stereocenters. The fourth-order valence-electron chi connectivity index (χ4n) is 1.70. The zero-order valence-electron chi connectivity index (χ0n) is 9.79. The number of aromatic nitrogens is 2. The van der Waals surface area contributed by atoms with Gasteiger partial charge in [-0.3, -0.25) is 0 Å². The molecule has 0 aliphatic carbocycles. The third-order valence-corrected chi connectivity index (χ3v) is 5.67. The first-order valence-corrected chi connectivity index (χ1v) is 8.12. The van der Waals surface area contributed by atoms with Gasteiger partial charge in [-0.05, 0) is 32.9 Å². The van der Waals surface area contributed by atoms with Crippen LogP contribution in [0.25, 0.3) is 9.88 Å². The van der Waals surface area contributed by atoms with E-state index in [2.05, 4.69) is 26.1 Å². The molecule has 3 nitrogen and oxygen atoms in total. The van der Waals surface area contributed by atoms with Crippen molar-refractivity contribution >= 4 is 38.6 Å². The van der Waals surface area contributed by atoms with E-state index in [1.807, 2.05) is 41.8 Å². The van der Waals surface area contributed by atoms with Gasteiger partial charge >= 0.3 is 0 Å². The summed E-state index contributed by atoms with van der Waals surface area (Å²) in [4.78, 5) is 1.10. The highest BCUT2D eigenvalue weighted by Gasteiger charge is 2.16. The topological polar surface area (TPSA) is 51.8 Å². The van der Waals surface area contributed by atoms with Crippen molar-refractivity contribution in [1.82, 2.24) is 10.2 Å². The van der Waals surface area contributed by atoms with Gasteiger partial charge in [0.2, 0.25) is 0 Å². The number of hydrogen-bond donors (Lipinski definition) is 1. The number of benzene rings is 1. The average Bonchev–Trinajstić information content (AvgIpc) is 3.07. The van der Waals surface area contributed by atoms with Gasteiger partial charge in [-0.2, -0.15) is 0 Å². The Bertz CT molecular complexity index is 678. The third-order valence-electron chi connectivity index (χ3n) is 2.68. The van der Waals surface area contributed by atoms with Crippen molar-refractivity contribution in [2.24, 2.45) is 5.73 Å². The van der Waals surface area contributed by atoms with Crippen molar-refractivity contribution in [2.45, 2.75) is 6.04 Å². The Hall–Kier alpha value is -1.08. The van der Waals surface area contributed by atoms with Crippen molar-refractivity contribution < 1.29 is 0 Å². The molecule has 0 spiro atoms. The van der Waals surface area contributed by atoms with E-state index in [0.29, 0.717) is 0 Å². The molecular weight excluding hydrogens is 342 g/mol. The molecule has 96 valence electrons. The molecule has 19 heavy (non-hydrogen) atoms. The maximum Gasteiger partial charge on any atom is 0.159 e. The minimum Gasteiger partial charge on any atom is -0.318 e. The molecule has 3 rings (SSSR count). The lowest BCUT2D eigenvalue weighted by molar-refractivity contribution is 0.831. The number of hydrogen-bond acceptors (Lipinski definition) is 5. The summed E-state index contributed by atoms with van der Waals surface area (Å²) in [5.41, 5.74) is 7.27. The van der Waals surface area contributed by atoms with Crippen molar-refractivity contribution in [3.05, 3.63) is 56.8 Å². The summed E-state index contributed by atoms with van der Waals surface area (Å²) in [6.07, 6.45) is 0. The molecule has 6 heteroatoms. The molecular formula is C13H10BrN3S2. The van der Waals surface area contributed by atoms with Gasteiger partial charge in [-0.15, -0.1) is 21.5 Å². The van der Waals surface area contributed by atoms with E-state index in [4.69, 9.17) is 5.73 Å². The van der Waals surface area contributed by atoms with Crippen LogP contribution in [0, 0.1) is 0 Å². The fourth-order valence-corrected chi connectivity index (χ4v) is 4.37. The van der Waals surface area contributed by atoms with Gasteiger partial charge in [0.25, 0.3) is 0 Å². The molecule has 1 aromatic carbocycles. The Balaban J connectivity index is 1.92. The van der Waals surface area contributed by atoms with Crippen LogP contribution < -0.4 is 5.73 Å². The van der Waals surface area contributed by atoms with Gasteiger partial charge in [0.15, 0.2) is 5.01 Å². The maximum atomic E-state index is 6.22. The van der Waals surface area contributed by atoms with Crippen LogP contribution in [0.15, 0.2) is 46.3 Å². The number of nitrogens with zero attached hydrogens (tertiary/aromatic N) is 2. The molecule has 0 bridgehead atoms. The Morgan fingerprint density at radius 2 is 1.89 bits per heavy atom. The first kappa shape index (κ1) is 12.9. The largest absolute Gasteiger partial charge is 0.318 e. The summed E-state index contributed by atoms with van der Waals surface area (Å²) >= 11 is 6.70. The summed E-state index contributed by atoms with van der Waals surface area (Å²) in [6, 6.07) is 11.7. The highest BCUT2D eigenvalue weighted by molar-refractivity contribution is 9.10. The highest BCUT2D eigenvalue weighted by Crippen LogP contribution is 2.36. The zero-order valence-corrected chi connectivity index (χ0v) is 13.0. The van der Waals surface area contributed by atoms with E-state index in [-0.39, 0.29) is 6.04 Å². The van der Waals surface area contributed by atoms with Crippen LogP contribution in [0.3, 0.4) is 0 Å². The van der Waals surface area contributed by atoms with Gasteiger partial charge < -0.3 is 5.73 Å². The Labute approximate surface area is 127 Å². The predicted octanol–water partition coefficient (Wildman–Crippen LogP) is 4.08. The van der Waals surface area contributed by atoms with E-state index in [1.54, 1.807) is 22.7 Å². The normalized spacial score (nSPS) is 12.5. The second kappa shape index (κ2) is 5.50. The molecule has 0 saturated heterocycles. The molecule has 0 amide bonds. The first-order valence-electron chi connectivity index (χ1n) is 5.63. The van der Waals surface area contributed by atoms with Gasteiger partial charge in [0.1, 0.15) is 5.01 Å². The zero-order chi connectivity index (χ0) is 13.2. The molecule has 3 aromatic rings. The van der Waals surface area contributed by atoms with Crippen LogP contribution in [0.2, 0.25) is 0 Å². The Morgan fingerprint density at radius 3 is 2.58 bits per heavy atom. The first-order chi connectivity index (χ1) is 9.25. The van der Waals surface area contributed by atoms with E-state index in [1.165, 1.54) is 0 Å². The molecule has 2 heterocycles. The number of nitrogens with two attached hydrogens (primary N) is 1. The van der Waals surface area contributed by atoms with Gasteiger partial charge in [-0.25, -0.2) is 0 Å². The second-order valence-corrected chi connectivity index (χ2v) is 6.71. The fraction of sp³-hybridized carbons (Fsp3) is 0.0769. The Kier molecular flexibility index (Phi) is 3.74. The summed E-state index contributed by atoms with van der Waals surface area (Å²) in [7, 11) is 0. The van der Waals surface area contributed by atoms with E-state index >= 15 is 0 Å². The number of thiophene rings is 1. The van der Waals surface area contributed by atoms with Crippen LogP contribution in [-0.4, -0.2) is 10.2 Å². The summed E-state index contributed by atoms with van der Waals surface area (Å²) in [5.74, 6) is 0. The monoisotopic (exact) mass is 351 g/mol. The van der Waals surface area contributed by atoms with Crippen molar-refractivity contribution in [3.8, 4) is 9.88 Å². The molecule has 0 aliphatic heterocycles. The molecule has 0 aliphatic rings. The SMILES string of the molecule is NC(c1ccccc1)c1nnc(-c2sccc2Br)s1. The van der Waals surface area contributed by atoms with Crippen LogP contribution in [0.1, 0.15) is 16.6 Å². The van der Waals surface area contributed by atoms with Crippen molar-refractivity contribution in [1.29, 1.82) is 0 Å². The molecule has 0 radical (unpaired) electrons. The van der Waals surface area contributed by atoms with Crippen LogP contribution in [0.4, 0.5) is 0 Å². The van der Waals surface area contributed by atoms with E-state index in [0.717, 1.165) is 24.9 Å². The van der Waals surface area contributed by atoms with E-state index < -0.39 is 0 Å². The molecule has 1 unspecified atom stereocenters. The second-order valence-electron chi connectivity index (χ2n) is 3.93. The minimum atomic E-state index is -0.216. The smallest absolute Gasteiger partial charge is 0.159 e. The van der Waals surface area contributed by atoms with Crippen molar-refractivity contribution in [3.63, 3.8) is 0 Å². The standard InChI is InChI=1S/C13H10BrN3S2/c14-9-6-7-18-11(9)13-17-16-12(19-13)10(15)8-4-2-1-3-5-8/h1-7,10H,15H2. The minimum absolute atomic E-state index is 0.216. The molecule has 2 N–H and O–H groups in total. The van der Waals surface area contributed by atoms with Crippen LogP contribution in [0.5, 0.6) is 0 Å². The lowest BCUT2D eigenvalue weighted by Crippen LogP contribution is -2.11. The summed E-state index contributed by atoms with van der Waals surface area (Å²) < 4.78 is 1.05. The molecule has 0 fully saturated rings. The lowest BCUT2D eigenvalue weighted by Gasteiger charge is -2.06. The average molecular weight is 352 g/mol.